The van der Waals surface area contributed by atoms with Crippen LogP contribution < -0.4 is 5.32 Å². The Morgan fingerprint density at radius 2 is 1.89 bits per heavy atom. The van der Waals surface area contributed by atoms with Crippen molar-refractivity contribution in [3.63, 3.8) is 0 Å². The molecule has 0 aromatic heterocycles. The lowest BCUT2D eigenvalue weighted by molar-refractivity contribution is -0.214. The fraction of sp³-hybridized carbons (Fsp3) is 0.923. The molecule has 106 valence electrons. The molecule has 0 amide bonds. The van der Waals surface area contributed by atoms with E-state index in [2.05, 4.69) is 5.32 Å². The van der Waals surface area contributed by atoms with Crippen LogP contribution in [0.15, 0.2) is 0 Å². The Morgan fingerprint density at radius 1 is 1.28 bits per heavy atom. The molecule has 0 aromatic rings. The van der Waals surface area contributed by atoms with Crippen LogP contribution in [0.2, 0.25) is 0 Å². The first-order valence-electron chi connectivity index (χ1n) is 6.39. The maximum Gasteiger partial charge on any atom is 0.402 e. The first kappa shape index (κ1) is 15.5. The minimum atomic E-state index is -4.44. The van der Waals surface area contributed by atoms with Gasteiger partial charge in [-0.25, -0.2) is 0 Å². The van der Waals surface area contributed by atoms with E-state index in [9.17, 15) is 18.0 Å². The van der Waals surface area contributed by atoms with Crippen LogP contribution in [0.4, 0.5) is 13.2 Å². The van der Waals surface area contributed by atoms with Crippen molar-refractivity contribution in [1.82, 2.24) is 5.32 Å². The Balaban J connectivity index is 2.63. The Kier molecular flexibility index (Phi) is 4.47. The summed E-state index contributed by atoms with van der Waals surface area (Å²) in [6.45, 7) is 6.08. The van der Waals surface area contributed by atoms with Crippen molar-refractivity contribution in [2.75, 3.05) is 13.1 Å². The van der Waals surface area contributed by atoms with Gasteiger partial charge < -0.3 is 5.32 Å². The molecular formula is C13H22F3NO. The molecule has 2 nitrogen and oxygen atoms in total. The molecule has 5 heteroatoms. The Labute approximate surface area is 106 Å². The largest absolute Gasteiger partial charge is 0.402 e. The van der Waals surface area contributed by atoms with Gasteiger partial charge in [-0.15, -0.1) is 0 Å². The number of hydrogen-bond donors (Lipinski definition) is 1. The SMILES string of the molecule is CC(C)(C)CCCC(=O)C1(C(F)(F)F)CCNC1. The van der Waals surface area contributed by atoms with Crippen molar-refractivity contribution < 1.29 is 18.0 Å². The number of carbonyl (C=O) groups excluding carboxylic acids is 1. The quantitative estimate of drug-likeness (QED) is 0.845. The van der Waals surface area contributed by atoms with Crippen LogP contribution in [0.1, 0.15) is 46.5 Å². The number of Topliss-reactive ketones (excluding diaryl/α,β-unsaturated/α-hetero) is 1. The van der Waals surface area contributed by atoms with Crippen LogP contribution >= 0.6 is 0 Å². The van der Waals surface area contributed by atoms with Gasteiger partial charge in [0, 0.05) is 13.0 Å². The van der Waals surface area contributed by atoms with Gasteiger partial charge in [0.2, 0.25) is 0 Å². The zero-order valence-corrected chi connectivity index (χ0v) is 11.3. The van der Waals surface area contributed by atoms with E-state index < -0.39 is 17.4 Å². The molecular weight excluding hydrogens is 243 g/mol. The second kappa shape index (κ2) is 5.19. The summed E-state index contributed by atoms with van der Waals surface area (Å²) >= 11 is 0. The standard InChI is InChI=1S/C13H22F3NO/c1-11(2,3)6-4-5-10(18)12(13(14,15)16)7-8-17-9-12/h17H,4-9H2,1-3H3. The van der Waals surface area contributed by atoms with Gasteiger partial charge in [0.1, 0.15) is 11.2 Å². The van der Waals surface area contributed by atoms with E-state index in [-0.39, 0.29) is 31.3 Å². The lowest BCUT2D eigenvalue weighted by atomic mass is 9.78. The summed E-state index contributed by atoms with van der Waals surface area (Å²) in [6.07, 6.45) is -3.24. The molecule has 1 N–H and O–H groups in total. The molecule has 1 saturated heterocycles. The Morgan fingerprint density at radius 3 is 2.28 bits per heavy atom. The van der Waals surface area contributed by atoms with Gasteiger partial charge >= 0.3 is 6.18 Å². The van der Waals surface area contributed by atoms with Crippen LogP contribution in [0.5, 0.6) is 0 Å². The number of nitrogens with one attached hydrogen (secondary N) is 1. The second-order valence-corrected chi connectivity index (χ2v) is 6.34. The minimum Gasteiger partial charge on any atom is -0.315 e. The Hall–Kier alpha value is -0.580. The van der Waals surface area contributed by atoms with Crippen LogP contribution in [-0.4, -0.2) is 25.0 Å². The molecule has 1 unspecified atom stereocenters. The van der Waals surface area contributed by atoms with Crippen LogP contribution in [-0.2, 0) is 4.79 Å². The van der Waals surface area contributed by atoms with Crippen molar-refractivity contribution in [1.29, 1.82) is 0 Å². The fourth-order valence-electron chi connectivity index (χ4n) is 2.35. The molecule has 0 bridgehead atoms. The monoisotopic (exact) mass is 265 g/mol. The van der Waals surface area contributed by atoms with Crippen molar-refractivity contribution in [2.24, 2.45) is 10.8 Å². The number of hydrogen-bond acceptors (Lipinski definition) is 2. The van der Waals surface area contributed by atoms with E-state index >= 15 is 0 Å². The molecule has 0 spiro atoms. The smallest absolute Gasteiger partial charge is 0.315 e. The zero-order chi connectivity index (χ0) is 14.0. The van der Waals surface area contributed by atoms with Crippen LogP contribution in [0, 0.1) is 10.8 Å². The maximum atomic E-state index is 13.1. The highest BCUT2D eigenvalue weighted by Crippen LogP contribution is 2.44. The third-order valence-corrected chi connectivity index (χ3v) is 3.56. The first-order valence-corrected chi connectivity index (χ1v) is 6.39. The van der Waals surface area contributed by atoms with E-state index in [0.717, 1.165) is 6.42 Å². The third-order valence-electron chi connectivity index (χ3n) is 3.56. The summed E-state index contributed by atoms with van der Waals surface area (Å²) in [5, 5.41) is 2.67. The number of ketones is 1. The van der Waals surface area contributed by atoms with E-state index in [1.165, 1.54) is 0 Å². The van der Waals surface area contributed by atoms with Crippen LogP contribution in [0.3, 0.4) is 0 Å². The average molecular weight is 265 g/mol. The van der Waals surface area contributed by atoms with Crippen LogP contribution in [0.25, 0.3) is 0 Å². The number of alkyl halides is 3. The second-order valence-electron chi connectivity index (χ2n) is 6.34. The Bertz CT molecular complexity index is 298. The lowest BCUT2D eigenvalue weighted by Crippen LogP contribution is -2.46. The predicted octanol–water partition coefficient (Wildman–Crippen LogP) is 3.31. The highest BCUT2D eigenvalue weighted by atomic mass is 19.4. The van der Waals surface area contributed by atoms with Gasteiger partial charge in [0.05, 0.1) is 0 Å². The lowest BCUT2D eigenvalue weighted by Gasteiger charge is -2.29. The van der Waals surface area contributed by atoms with Crippen molar-refractivity contribution in [3.8, 4) is 0 Å². The molecule has 0 saturated carbocycles. The number of halogens is 3. The summed E-state index contributed by atoms with van der Waals surface area (Å²) in [4.78, 5) is 11.9. The molecule has 1 aliphatic rings. The molecule has 18 heavy (non-hydrogen) atoms. The van der Waals surface area contributed by atoms with Gasteiger partial charge in [-0.1, -0.05) is 20.8 Å². The molecule has 0 aliphatic carbocycles. The van der Waals surface area contributed by atoms with E-state index in [0.29, 0.717) is 6.42 Å². The van der Waals surface area contributed by atoms with E-state index in [1.54, 1.807) is 0 Å². The van der Waals surface area contributed by atoms with Gasteiger partial charge in [0.25, 0.3) is 0 Å². The first-order chi connectivity index (χ1) is 8.08. The number of carbonyl (C=O) groups is 1. The summed E-state index contributed by atoms with van der Waals surface area (Å²) < 4.78 is 39.2. The fourth-order valence-corrected chi connectivity index (χ4v) is 2.35. The van der Waals surface area contributed by atoms with E-state index in [4.69, 9.17) is 0 Å². The molecule has 0 radical (unpaired) electrons. The van der Waals surface area contributed by atoms with Gasteiger partial charge in [0.15, 0.2) is 0 Å². The molecule has 1 fully saturated rings. The highest BCUT2D eigenvalue weighted by molar-refractivity contribution is 5.86. The zero-order valence-electron chi connectivity index (χ0n) is 11.3. The van der Waals surface area contributed by atoms with Crippen molar-refractivity contribution in [2.45, 2.75) is 52.6 Å². The highest BCUT2D eigenvalue weighted by Gasteiger charge is 2.60. The molecule has 0 aromatic carbocycles. The summed E-state index contributed by atoms with van der Waals surface area (Å²) in [5.74, 6) is -0.649. The topological polar surface area (TPSA) is 29.1 Å². The normalized spacial score (nSPS) is 25.4. The predicted molar refractivity (Wildman–Crippen MR) is 64.3 cm³/mol. The van der Waals surface area contributed by atoms with Gasteiger partial charge in [-0.05, 0) is 31.2 Å². The van der Waals surface area contributed by atoms with Gasteiger partial charge in [-0.2, -0.15) is 13.2 Å². The van der Waals surface area contributed by atoms with E-state index in [1.807, 2.05) is 20.8 Å². The minimum absolute atomic E-state index is 0.0262. The molecule has 1 heterocycles. The molecule has 1 aliphatic heterocycles. The maximum absolute atomic E-state index is 13.1. The average Bonchev–Trinajstić information content (AvgIpc) is 2.63. The van der Waals surface area contributed by atoms with Crippen molar-refractivity contribution in [3.05, 3.63) is 0 Å². The summed E-state index contributed by atoms with van der Waals surface area (Å²) in [6, 6.07) is 0. The summed E-state index contributed by atoms with van der Waals surface area (Å²) in [5.41, 5.74) is -2.08. The molecule has 1 atom stereocenters. The third kappa shape index (κ3) is 3.46. The molecule has 1 rings (SSSR count). The van der Waals surface area contributed by atoms with Gasteiger partial charge in [-0.3, -0.25) is 4.79 Å². The van der Waals surface area contributed by atoms with Crippen molar-refractivity contribution >= 4 is 5.78 Å². The number of rotatable bonds is 4. The summed E-state index contributed by atoms with van der Waals surface area (Å²) in [7, 11) is 0.